The molecule has 0 saturated carbocycles. The summed E-state index contributed by atoms with van der Waals surface area (Å²) >= 11 is 0. The van der Waals surface area contributed by atoms with Gasteiger partial charge in [0.05, 0.1) is 31.4 Å². The third-order valence-corrected chi connectivity index (χ3v) is 4.02. The van der Waals surface area contributed by atoms with Gasteiger partial charge in [-0.15, -0.1) is 0 Å². The SMILES string of the molecule is COc1ccc([C@H]2[C@H](C(C)=O)CON2c2ccccc2)cc1. The van der Waals surface area contributed by atoms with Crippen LogP contribution in [-0.4, -0.2) is 19.5 Å². The van der Waals surface area contributed by atoms with Crippen LogP contribution in [0.4, 0.5) is 5.69 Å². The minimum atomic E-state index is -0.173. The van der Waals surface area contributed by atoms with E-state index < -0.39 is 0 Å². The lowest BCUT2D eigenvalue weighted by Gasteiger charge is -2.27. The number of carbonyl (C=O) groups excluding carboxylic acids is 1. The number of ketones is 1. The van der Waals surface area contributed by atoms with Crippen LogP contribution in [0, 0.1) is 5.92 Å². The van der Waals surface area contributed by atoms with Crippen LogP contribution in [0.15, 0.2) is 54.6 Å². The molecule has 0 N–H and O–H groups in total. The van der Waals surface area contributed by atoms with Gasteiger partial charge in [-0.25, -0.2) is 5.06 Å². The van der Waals surface area contributed by atoms with Crippen molar-refractivity contribution in [3.05, 3.63) is 60.2 Å². The van der Waals surface area contributed by atoms with E-state index in [9.17, 15) is 4.79 Å². The van der Waals surface area contributed by atoms with Crippen molar-refractivity contribution in [2.75, 3.05) is 18.8 Å². The molecular weight excluding hydrogens is 278 g/mol. The molecule has 2 aromatic rings. The number of nitrogens with zero attached hydrogens (tertiary/aromatic N) is 1. The number of hydrogen-bond donors (Lipinski definition) is 0. The van der Waals surface area contributed by atoms with Crippen molar-refractivity contribution in [2.24, 2.45) is 5.92 Å². The number of carbonyl (C=O) groups is 1. The molecule has 114 valence electrons. The molecular formula is C18H19NO3. The molecule has 1 aliphatic rings. The minimum Gasteiger partial charge on any atom is -0.497 e. The van der Waals surface area contributed by atoms with Crippen molar-refractivity contribution >= 4 is 11.5 Å². The lowest BCUT2D eigenvalue weighted by molar-refractivity contribution is -0.121. The van der Waals surface area contributed by atoms with E-state index in [4.69, 9.17) is 9.57 Å². The highest BCUT2D eigenvalue weighted by atomic mass is 16.7. The predicted octanol–water partition coefficient (Wildman–Crippen LogP) is 3.39. The molecule has 0 amide bonds. The monoisotopic (exact) mass is 297 g/mol. The molecule has 1 fully saturated rings. The van der Waals surface area contributed by atoms with Gasteiger partial charge in [0.15, 0.2) is 0 Å². The molecule has 2 atom stereocenters. The highest BCUT2D eigenvalue weighted by Crippen LogP contribution is 2.39. The van der Waals surface area contributed by atoms with Crippen LogP contribution in [0.25, 0.3) is 0 Å². The second-order valence-corrected chi connectivity index (χ2v) is 5.39. The third-order valence-electron chi connectivity index (χ3n) is 4.02. The van der Waals surface area contributed by atoms with Gasteiger partial charge in [0, 0.05) is 0 Å². The average Bonchev–Trinajstić information content (AvgIpc) is 3.01. The first-order valence-electron chi connectivity index (χ1n) is 7.32. The highest BCUT2D eigenvalue weighted by molar-refractivity contribution is 5.80. The molecule has 1 saturated heterocycles. The van der Waals surface area contributed by atoms with Gasteiger partial charge in [-0.05, 0) is 36.8 Å². The van der Waals surface area contributed by atoms with Crippen LogP contribution in [0.1, 0.15) is 18.5 Å². The smallest absolute Gasteiger partial charge is 0.137 e. The Kier molecular flexibility index (Phi) is 4.11. The van der Waals surface area contributed by atoms with Crippen LogP contribution in [0.3, 0.4) is 0 Å². The largest absolute Gasteiger partial charge is 0.497 e. The number of benzene rings is 2. The summed E-state index contributed by atoms with van der Waals surface area (Å²) in [6.45, 7) is 2.03. The quantitative estimate of drug-likeness (QED) is 0.867. The van der Waals surface area contributed by atoms with E-state index in [1.807, 2.05) is 59.7 Å². The van der Waals surface area contributed by atoms with Gasteiger partial charge in [0.1, 0.15) is 11.5 Å². The van der Waals surface area contributed by atoms with E-state index in [1.54, 1.807) is 14.0 Å². The maximum atomic E-state index is 12.0. The number of ether oxygens (including phenoxy) is 1. The van der Waals surface area contributed by atoms with Crippen molar-refractivity contribution in [2.45, 2.75) is 13.0 Å². The zero-order valence-corrected chi connectivity index (χ0v) is 12.7. The zero-order valence-electron chi connectivity index (χ0n) is 12.7. The normalized spacial score (nSPS) is 20.9. The molecule has 0 unspecified atom stereocenters. The molecule has 4 nitrogen and oxygen atoms in total. The van der Waals surface area contributed by atoms with Gasteiger partial charge in [-0.3, -0.25) is 9.63 Å². The lowest BCUT2D eigenvalue weighted by Crippen LogP contribution is -2.27. The summed E-state index contributed by atoms with van der Waals surface area (Å²) in [5.41, 5.74) is 1.99. The lowest BCUT2D eigenvalue weighted by atomic mass is 9.91. The number of hydroxylamine groups is 1. The first-order valence-corrected chi connectivity index (χ1v) is 7.32. The standard InChI is InChI=1S/C18H19NO3/c1-13(20)17-12-22-19(15-6-4-3-5-7-15)18(17)14-8-10-16(21-2)11-9-14/h3-11,17-18H,12H2,1-2H3/t17-,18-/m0/s1. The molecule has 1 heterocycles. The average molecular weight is 297 g/mol. The van der Waals surface area contributed by atoms with Crippen molar-refractivity contribution in [3.8, 4) is 5.75 Å². The summed E-state index contributed by atoms with van der Waals surface area (Å²) in [4.78, 5) is 17.8. The molecule has 0 bridgehead atoms. The summed E-state index contributed by atoms with van der Waals surface area (Å²) in [5, 5.41) is 1.84. The number of methoxy groups -OCH3 is 1. The Morgan fingerprint density at radius 3 is 2.41 bits per heavy atom. The van der Waals surface area contributed by atoms with E-state index in [-0.39, 0.29) is 17.7 Å². The van der Waals surface area contributed by atoms with Crippen LogP contribution in [0.2, 0.25) is 0 Å². The number of para-hydroxylation sites is 1. The van der Waals surface area contributed by atoms with Gasteiger partial charge in [-0.1, -0.05) is 30.3 Å². The van der Waals surface area contributed by atoms with Gasteiger partial charge in [0.2, 0.25) is 0 Å². The van der Waals surface area contributed by atoms with E-state index in [1.165, 1.54) is 0 Å². The van der Waals surface area contributed by atoms with Crippen LogP contribution >= 0.6 is 0 Å². The first kappa shape index (κ1) is 14.6. The fraction of sp³-hybridized carbons (Fsp3) is 0.278. The zero-order chi connectivity index (χ0) is 15.5. The van der Waals surface area contributed by atoms with Crippen LogP contribution in [0.5, 0.6) is 5.75 Å². The fourth-order valence-electron chi connectivity index (χ4n) is 2.81. The Morgan fingerprint density at radius 1 is 1.14 bits per heavy atom. The predicted molar refractivity (Wildman–Crippen MR) is 84.8 cm³/mol. The summed E-state index contributed by atoms with van der Waals surface area (Å²) < 4.78 is 5.21. The number of anilines is 1. The Hall–Kier alpha value is -2.33. The highest BCUT2D eigenvalue weighted by Gasteiger charge is 2.39. The maximum absolute atomic E-state index is 12.0. The van der Waals surface area contributed by atoms with Crippen LogP contribution < -0.4 is 9.80 Å². The first-order chi connectivity index (χ1) is 10.7. The van der Waals surface area contributed by atoms with Crippen molar-refractivity contribution in [3.63, 3.8) is 0 Å². The minimum absolute atomic E-state index is 0.120. The Bertz CT molecular complexity index is 639. The number of hydrogen-bond acceptors (Lipinski definition) is 4. The molecule has 0 spiro atoms. The summed E-state index contributed by atoms with van der Waals surface area (Å²) in [5.74, 6) is 0.765. The van der Waals surface area contributed by atoms with Crippen molar-refractivity contribution in [1.82, 2.24) is 0 Å². The molecule has 4 heteroatoms. The van der Waals surface area contributed by atoms with E-state index >= 15 is 0 Å². The summed E-state index contributed by atoms with van der Waals surface area (Å²) in [6.07, 6.45) is 0. The fourth-order valence-corrected chi connectivity index (χ4v) is 2.81. The Labute approximate surface area is 130 Å². The van der Waals surface area contributed by atoms with E-state index in [0.717, 1.165) is 17.0 Å². The molecule has 22 heavy (non-hydrogen) atoms. The van der Waals surface area contributed by atoms with Crippen molar-refractivity contribution < 1.29 is 14.4 Å². The topological polar surface area (TPSA) is 38.8 Å². The maximum Gasteiger partial charge on any atom is 0.137 e. The van der Waals surface area contributed by atoms with Gasteiger partial charge < -0.3 is 4.74 Å². The van der Waals surface area contributed by atoms with Gasteiger partial charge >= 0.3 is 0 Å². The molecule has 1 aliphatic heterocycles. The number of Topliss-reactive ketones (excluding diaryl/α,β-unsaturated/α-hetero) is 1. The van der Waals surface area contributed by atoms with E-state index in [0.29, 0.717) is 6.61 Å². The second kappa shape index (κ2) is 6.20. The van der Waals surface area contributed by atoms with Crippen LogP contribution in [-0.2, 0) is 9.63 Å². The van der Waals surface area contributed by atoms with Crippen molar-refractivity contribution in [1.29, 1.82) is 0 Å². The molecule has 2 aromatic carbocycles. The van der Waals surface area contributed by atoms with Gasteiger partial charge in [-0.2, -0.15) is 0 Å². The summed E-state index contributed by atoms with van der Waals surface area (Å²) in [7, 11) is 1.64. The third kappa shape index (κ3) is 2.70. The summed E-state index contributed by atoms with van der Waals surface area (Å²) in [6, 6.07) is 17.5. The second-order valence-electron chi connectivity index (χ2n) is 5.39. The molecule has 3 rings (SSSR count). The Morgan fingerprint density at radius 2 is 1.82 bits per heavy atom. The molecule has 0 aromatic heterocycles. The number of rotatable bonds is 4. The molecule has 0 radical (unpaired) electrons. The Balaban J connectivity index is 1.98. The van der Waals surface area contributed by atoms with E-state index in [2.05, 4.69) is 0 Å². The van der Waals surface area contributed by atoms with Gasteiger partial charge in [0.25, 0.3) is 0 Å². The molecule has 0 aliphatic carbocycles.